The second-order valence-electron chi connectivity index (χ2n) is 19.7. The van der Waals surface area contributed by atoms with E-state index in [-0.39, 0.29) is 95.4 Å². The van der Waals surface area contributed by atoms with Gasteiger partial charge in [0.1, 0.15) is 12.2 Å². The second-order valence-corrected chi connectivity index (χ2v) is 19.7. The fourth-order valence-electron chi connectivity index (χ4n) is 14.3. The summed E-state index contributed by atoms with van der Waals surface area (Å²) in [4.78, 5) is 29.4. The Labute approximate surface area is 297 Å². The van der Waals surface area contributed by atoms with Crippen molar-refractivity contribution in [3.8, 4) is 0 Å². The third kappa shape index (κ3) is 4.70. The van der Waals surface area contributed by atoms with E-state index in [1.54, 1.807) is 4.90 Å². The highest BCUT2D eigenvalue weighted by molar-refractivity contribution is 5.69. The van der Waals surface area contributed by atoms with Crippen LogP contribution in [-0.4, -0.2) is 89.7 Å². The number of piperidine rings is 1. The number of aliphatic hydroxyl groups is 1. The van der Waals surface area contributed by atoms with Gasteiger partial charge >= 0.3 is 12.2 Å². The molecule has 8 nitrogen and oxygen atoms in total. The van der Waals surface area contributed by atoms with Gasteiger partial charge in [-0.2, -0.15) is 0 Å². The summed E-state index contributed by atoms with van der Waals surface area (Å²) in [5.74, 6) is -1.23. The van der Waals surface area contributed by atoms with E-state index in [1.807, 2.05) is 0 Å². The Morgan fingerprint density at radius 1 is 0.860 bits per heavy atom. The van der Waals surface area contributed by atoms with Gasteiger partial charge in [0.25, 0.3) is 5.92 Å². The van der Waals surface area contributed by atoms with Gasteiger partial charge in [0.05, 0.1) is 18.3 Å². The van der Waals surface area contributed by atoms with E-state index in [0.717, 1.165) is 64.5 Å². The third-order valence-electron chi connectivity index (χ3n) is 17.1. The van der Waals surface area contributed by atoms with E-state index in [9.17, 15) is 23.5 Å². The van der Waals surface area contributed by atoms with Gasteiger partial charge in [0.2, 0.25) is 0 Å². The Bertz CT molecular complexity index is 1380. The van der Waals surface area contributed by atoms with Crippen molar-refractivity contribution in [1.29, 1.82) is 0 Å². The molecule has 282 valence electrons. The van der Waals surface area contributed by atoms with E-state index in [0.29, 0.717) is 17.8 Å². The van der Waals surface area contributed by atoms with Gasteiger partial charge in [0.15, 0.2) is 0 Å². The van der Waals surface area contributed by atoms with Crippen LogP contribution < -0.4 is 0 Å². The fraction of sp³-hybridized carbons (Fsp3) is 0.950. The highest BCUT2D eigenvalue weighted by Gasteiger charge is 2.84. The second kappa shape index (κ2) is 11.4. The number of hydrogen-bond donors (Lipinski definition) is 1. The molecule has 3 saturated heterocycles. The molecular weight excluding hydrogens is 642 g/mol. The standard InChI is InChI=1S/C40H62F2N2O6/c1-23(2)30(50-34(47)43-17-8-18-43)25-21-24(3)29-31(48-25)32(45)37(7)27-10-9-26-35(4,5)28(49-33(46)44-19-15-40(41,42)16-20-44)11-12-38(26)22-39(27,38)14-13-36(29,37)6/h23-32,45H,8-22H2,1-7H3/t24-,25-,26+,27+,28+,29+,30-,31+,32+,36-,37-,38-,39+/m1/s1. The van der Waals surface area contributed by atoms with E-state index in [2.05, 4.69) is 48.5 Å². The molecular formula is C40H62F2N2O6. The van der Waals surface area contributed by atoms with Crippen LogP contribution in [0.2, 0.25) is 0 Å². The summed E-state index contributed by atoms with van der Waals surface area (Å²) >= 11 is 0. The lowest BCUT2D eigenvalue weighted by Gasteiger charge is -2.63. The summed E-state index contributed by atoms with van der Waals surface area (Å²) in [5, 5.41) is 12.6. The number of fused-ring (bicyclic) bond motifs is 4. The Morgan fingerprint density at radius 2 is 1.50 bits per heavy atom. The van der Waals surface area contributed by atoms with Crippen LogP contribution in [0.3, 0.4) is 0 Å². The molecule has 0 aromatic carbocycles. The first-order chi connectivity index (χ1) is 23.4. The van der Waals surface area contributed by atoms with Crippen molar-refractivity contribution >= 4 is 12.2 Å². The predicted molar refractivity (Wildman–Crippen MR) is 183 cm³/mol. The molecule has 1 N–H and O–H groups in total. The van der Waals surface area contributed by atoms with Gasteiger partial charge in [0, 0.05) is 49.9 Å². The average Bonchev–Trinajstić information content (AvgIpc) is 3.64. The van der Waals surface area contributed by atoms with Gasteiger partial charge in [-0.25, -0.2) is 18.4 Å². The molecule has 0 unspecified atom stereocenters. The van der Waals surface area contributed by atoms with Gasteiger partial charge in [-0.3, -0.25) is 0 Å². The first kappa shape index (κ1) is 35.4. The smallest absolute Gasteiger partial charge is 0.410 e. The Hall–Kier alpha value is -1.68. The number of hydrogen-bond acceptors (Lipinski definition) is 6. The minimum atomic E-state index is -2.70. The number of nitrogens with zero attached hydrogens (tertiary/aromatic N) is 2. The molecule has 2 amide bonds. The molecule has 0 bridgehead atoms. The SMILES string of the molecule is CC(C)[C@@H](OC(=O)N1CCC1)[C@H]1C[C@@H](C)[C@H]2[C@H](O1)[C@H](O)[C@@]1(C)[C@@H]3CC[C@H]4C(C)(C)[C@@H](OC(=O)N5CCC(F)(F)CC5)CC[C@@]45C[C@@]35CC[C@]21C. The zero-order chi connectivity index (χ0) is 35.8. The van der Waals surface area contributed by atoms with Crippen LogP contribution in [0.4, 0.5) is 18.4 Å². The maximum atomic E-state index is 13.8. The summed E-state index contributed by atoms with van der Waals surface area (Å²) in [6.07, 6.45) is 6.16. The number of carbonyl (C=O) groups excluding carboxylic acids is 2. The molecule has 5 aliphatic carbocycles. The van der Waals surface area contributed by atoms with Crippen LogP contribution >= 0.6 is 0 Å². The van der Waals surface area contributed by atoms with Crippen molar-refractivity contribution in [2.45, 2.75) is 156 Å². The third-order valence-corrected chi connectivity index (χ3v) is 17.1. The molecule has 5 saturated carbocycles. The first-order valence-electron chi connectivity index (χ1n) is 20.0. The number of likely N-dealkylation sites (tertiary alicyclic amines) is 2. The van der Waals surface area contributed by atoms with Crippen LogP contribution in [0.1, 0.15) is 119 Å². The fourth-order valence-corrected chi connectivity index (χ4v) is 14.3. The monoisotopic (exact) mass is 704 g/mol. The molecule has 50 heavy (non-hydrogen) atoms. The van der Waals surface area contributed by atoms with E-state index in [1.165, 1.54) is 11.3 Å². The molecule has 0 aromatic heterocycles. The van der Waals surface area contributed by atoms with Gasteiger partial charge in [-0.15, -0.1) is 0 Å². The van der Waals surface area contributed by atoms with Crippen molar-refractivity contribution < 1.29 is 37.7 Å². The molecule has 8 rings (SSSR count). The van der Waals surface area contributed by atoms with Crippen molar-refractivity contribution in [3.05, 3.63) is 0 Å². The highest BCUT2D eigenvalue weighted by atomic mass is 19.3. The summed E-state index contributed by atoms with van der Waals surface area (Å²) in [6.45, 7) is 17.5. The van der Waals surface area contributed by atoms with Gasteiger partial charge in [-0.05, 0) is 104 Å². The summed E-state index contributed by atoms with van der Waals surface area (Å²) in [7, 11) is 0. The summed E-state index contributed by atoms with van der Waals surface area (Å²) in [5.41, 5.74) is -0.252. The largest absolute Gasteiger partial charge is 0.446 e. The number of halogens is 2. The van der Waals surface area contributed by atoms with Crippen LogP contribution in [0.25, 0.3) is 0 Å². The van der Waals surface area contributed by atoms with Crippen molar-refractivity contribution in [2.75, 3.05) is 26.2 Å². The lowest BCUT2D eigenvalue weighted by atomic mass is 9.41. The maximum absolute atomic E-state index is 13.8. The topological polar surface area (TPSA) is 88.5 Å². The molecule has 8 fully saturated rings. The molecule has 0 aromatic rings. The van der Waals surface area contributed by atoms with Crippen LogP contribution in [0.5, 0.6) is 0 Å². The Kier molecular flexibility index (Phi) is 8.07. The molecule has 3 aliphatic heterocycles. The molecule has 8 aliphatic rings. The van der Waals surface area contributed by atoms with E-state index in [4.69, 9.17) is 14.2 Å². The van der Waals surface area contributed by atoms with Crippen LogP contribution in [-0.2, 0) is 14.2 Å². The van der Waals surface area contributed by atoms with Gasteiger partial charge in [-0.1, -0.05) is 48.5 Å². The molecule has 2 spiro atoms. The quantitative estimate of drug-likeness (QED) is 0.320. The minimum absolute atomic E-state index is 0.0454. The van der Waals surface area contributed by atoms with Crippen LogP contribution in [0.15, 0.2) is 0 Å². The minimum Gasteiger partial charge on any atom is -0.446 e. The van der Waals surface area contributed by atoms with E-state index >= 15 is 0 Å². The Morgan fingerprint density at radius 3 is 2.14 bits per heavy atom. The number of amides is 2. The molecule has 3 heterocycles. The summed E-state index contributed by atoms with van der Waals surface area (Å²) < 4.78 is 46.9. The number of alkyl halides is 2. The molecule has 10 heteroatoms. The highest BCUT2D eigenvalue weighted by Crippen LogP contribution is 2.89. The van der Waals surface area contributed by atoms with Gasteiger partial charge < -0.3 is 29.1 Å². The number of ether oxygens (including phenoxy) is 3. The lowest BCUT2D eigenvalue weighted by Crippen LogP contribution is -2.60. The predicted octanol–water partition coefficient (Wildman–Crippen LogP) is 7.90. The number of rotatable bonds is 4. The van der Waals surface area contributed by atoms with Crippen LogP contribution in [0, 0.1) is 56.7 Å². The molecule has 13 atom stereocenters. The zero-order valence-electron chi connectivity index (χ0n) is 31.5. The molecule has 0 radical (unpaired) electrons. The normalized spacial score (nSPS) is 48.9. The maximum Gasteiger partial charge on any atom is 0.410 e. The summed E-state index contributed by atoms with van der Waals surface area (Å²) in [6, 6.07) is 0. The van der Waals surface area contributed by atoms with Crippen molar-refractivity contribution in [3.63, 3.8) is 0 Å². The van der Waals surface area contributed by atoms with Crippen molar-refractivity contribution in [2.24, 2.45) is 56.7 Å². The lowest BCUT2D eigenvalue weighted by molar-refractivity contribution is -0.186. The zero-order valence-corrected chi connectivity index (χ0v) is 31.5. The average molecular weight is 705 g/mol. The number of aliphatic hydroxyl groups excluding tert-OH is 1. The van der Waals surface area contributed by atoms with E-state index < -0.39 is 18.1 Å². The Balaban J connectivity index is 1.01. The number of carbonyl (C=O) groups is 2. The van der Waals surface area contributed by atoms with Crippen molar-refractivity contribution in [1.82, 2.24) is 9.80 Å². The first-order valence-corrected chi connectivity index (χ1v) is 20.0.